The molecule has 3 heteroatoms. The van der Waals surface area contributed by atoms with Crippen LogP contribution in [0.2, 0.25) is 0 Å². The highest BCUT2D eigenvalue weighted by Crippen LogP contribution is 2.16. The first-order valence-electron chi connectivity index (χ1n) is 6.27. The van der Waals surface area contributed by atoms with Gasteiger partial charge in [0.25, 0.3) is 0 Å². The lowest BCUT2D eigenvalue weighted by molar-refractivity contribution is 0.210. The molecule has 0 atom stereocenters. The lowest BCUT2D eigenvalue weighted by Crippen LogP contribution is -2.43. The number of benzene rings is 1. The molecule has 94 valence electrons. The number of aryl methyl sites for hydroxylation is 1. The molecule has 0 radical (unpaired) electrons. The van der Waals surface area contributed by atoms with Gasteiger partial charge in [0.2, 0.25) is 0 Å². The zero-order chi connectivity index (χ0) is 12.8. The smallest absolute Gasteiger partial charge is 0.324 e. The van der Waals surface area contributed by atoms with Crippen molar-refractivity contribution in [2.75, 3.05) is 24.5 Å². The van der Waals surface area contributed by atoms with Gasteiger partial charge in [0, 0.05) is 25.3 Å². The van der Waals surface area contributed by atoms with Gasteiger partial charge >= 0.3 is 6.03 Å². The van der Waals surface area contributed by atoms with Crippen molar-refractivity contribution in [3.05, 3.63) is 29.8 Å². The summed E-state index contributed by atoms with van der Waals surface area (Å²) in [7, 11) is 0. The molecular formula is C14H22N2O. The van der Waals surface area contributed by atoms with Gasteiger partial charge in [-0.15, -0.1) is 0 Å². The van der Waals surface area contributed by atoms with E-state index in [4.69, 9.17) is 0 Å². The number of carbonyl (C=O) groups is 1. The highest BCUT2D eigenvalue weighted by atomic mass is 16.2. The minimum Gasteiger partial charge on any atom is -0.325 e. The number of anilines is 1. The minimum atomic E-state index is 0.0846. The number of hydrogen-bond acceptors (Lipinski definition) is 1. The van der Waals surface area contributed by atoms with Gasteiger partial charge in [0.05, 0.1) is 0 Å². The highest BCUT2D eigenvalue weighted by molar-refractivity contribution is 5.91. The Morgan fingerprint density at radius 3 is 1.94 bits per heavy atom. The second kappa shape index (κ2) is 6.28. The Hall–Kier alpha value is -1.51. The zero-order valence-corrected chi connectivity index (χ0v) is 11.2. The summed E-state index contributed by atoms with van der Waals surface area (Å²) in [6, 6.07) is 8.16. The number of urea groups is 1. The number of nitrogens with zero attached hydrogens (tertiary/aromatic N) is 2. The van der Waals surface area contributed by atoms with Crippen molar-refractivity contribution in [2.45, 2.75) is 27.7 Å². The zero-order valence-electron chi connectivity index (χ0n) is 11.2. The first-order chi connectivity index (χ1) is 8.13. The van der Waals surface area contributed by atoms with Crippen molar-refractivity contribution >= 4 is 11.7 Å². The molecule has 0 aliphatic carbocycles. The summed E-state index contributed by atoms with van der Waals surface area (Å²) >= 11 is 0. The Kier molecular flexibility index (Phi) is 5.01. The van der Waals surface area contributed by atoms with Crippen LogP contribution in [0.1, 0.15) is 26.3 Å². The van der Waals surface area contributed by atoms with Gasteiger partial charge < -0.3 is 4.90 Å². The van der Waals surface area contributed by atoms with Crippen molar-refractivity contribution < 1.29 is 4.79 Å². The summed E-state index contributed by atoms with van der Waals surface area (Å²) in [4.78, 5) is 15.9. The molecular weight excluding hydrogens is 212 g/mol. The van der Waals surface area contributed by atoms with Crippen LogP contribution in [0.15, 0.2) is 24.3 Å². The topological polar surface area (TPSA) is 23.6 Å². The van der Waals surface area contributed by atoms with Crippen LogP contribution in [-0.4, -0.2) is 30.6 Å². The van der Waals surface area contributed by atoms with E-state index in [2.05, 4.69) is 0 Å². The van der Waals surface area contributed by atoms with E-state index in [1.807, 2.05) is 61.8 Å². The van der Waals surface area contributed by atoms with E-state index in [-0.39, 0.29) is 6.03 Å². The Bertz CT molecular complexity index is 355. The molecule has 17 heavy (non-hydrogen) atoms. The third-order valence-electron chi connectivity index (χ3n) is 2.93. The van der Waals surface area contributed by atoms with Crippen LogP contribution < -0.4 is 4.90 Å². The lowest BCUT2D eigenvalue weighted by atomic mass is 10.2. The second-order valence-electron chi connectivity index (χ2n) is 4.03. The SMILES string of the molecule is CCN(CC)C(=O)N(CC)c1ccc(C)cc1. The molecule has 0 aliphatic rings. The standard InChI is InChI=1S/C14H22N2O/c1-5-15(6-2)14(17)16(7-3)13-10-8-12(4)9-11-13/h8-11H,5-7H2,1-4H3. The average molecular weight is 234 g/mol. The van der Waals surface area contributed by atoms with Crippen LogP contribution in [0.5, 0.6) is 0 Å². The van der Waals surface area contributed by atoms with Gasteiger partial charge in [-0.25, -0.2) is 4.79 Å². The van der Waals surface area contributed by atoms with Crippen molar-refractivity contribution in [3.63, 3.8) is 0 Å². The van der Waals surface area contributed by atoms with Crippen LogP contribution in [0.25, 0.3) is 0 Å². The van der Waals surface area contributed by atoms with Crippen LogP contribution in [0.4, 0.5) is 10.5 Å². The Labute approximate surface area is 104 Å². The van der Waals surface area contributed by atoms with Gasteiger partial charge in [0.1, 0.15) is 0 Å². The Morgan fingerprint density at radius 1 is 1.00 bits per heavy atom. The highest BCUT2D eigenvalue weighted by Gasteiger charge is 2.18. The van der Waals surface area contributed by atoms with Crippen molar-refractivity contribution in [3.8, 4) is 0 Å². The average Bonchev–Trinajstić information content (AvgIpc) is 2.34. The molecule has 1 aromatic rings. The molecule has 0 aliphatic heterocycles. The molecule has 2 amide bonds. The molecule has 0 saturated carbocycles. The summed E-state index contributed by atoms with van der Waals surface area (Å²) in [5.41, 5.74) is 2.18. The van der Waals surface area contributed by atoms with Crippen LogP contribution in [0, 0.1) is 6.92 Å². The van der Waals surface area contributed by atoms with E-state index in [0.29, 0.717) is 6.54 Å². The van der Waals surface area contributed by atoms with Gasteiger partial charge in [-0.2, -0.15) is 0 Å². The number of rotatable bonds is 4. The molecule has 0 fully saturated rings. The van der Waals surface area contributed by atoms with E-state index >= 15 is 0 Å². The molecule has 3 nitrogen and oxygen atoms in total. The fraction of sp³-hybridized carbons (Fsp3) is 0.500. The van der Waals surface area contributed by atoms with Crippen molar-refractivity contribution in [1.82, 2.24) is 4.90 Å². The molecule has 0 N–H and O–H groups in total. The molecule has 0 aromatic heterocycles. The number of amides is 2. The Morgan fingerprint density at radius 2 is 1.53 bits per heavy atom. The molecule has 0 unspecified atom stereocenters. The first kappa shape index (κ1) is 13.6. The largest absolute Gasteiger partial charge is 0.325 e. The monoisotopic (exact) mass is 234 g/mol. The number of carbonyl (C=O) groups excluding carboxylic acids is 1. The molecule has 0 heterocycles. The van der Waals surface area contributed by atoms with Gasteiger partial charge in [-0.3, -0.25) is 4.90 Å². The molecule has 0 bridgehead atoms. The number of hydrogen-bond donors (Lipinski definition) is 0. The van der Waals surface area contributed by atoms with Crippen LogP contribution in [-0.2, 0) is 0 Å². The molecule has 0 spiro atoms. The first-order valence-corrected chi connectivity index (χ1v) is 6.27. The Balaban J connectivity index is 2.91. The fourth-order valence-electron chi connectivity index (χ4n) is 1.82. The summed E-state index contributed by atoms with van der Waals surface area (Å²) in [6.07, 6.45) is 0. The van der Waals surface area contributed by atoms with Crippen LogP contribution in [0.3, 0.4) is 0 Å². The molecule has 1 rings (SSSR count). The van der Waals surface area contributed by atoms with E-state index in [9.17, 15) is 4.79 Å². The third kappa shape index (κ3) is 3.22. The van der Waals surface area contributed by atoms with Crippen molar-refractivity contribution in [2.24, 2.45) is 0 Å². The van der Waals surface area contributed by atoms with Gasteiger partial charge in [-0.05, 0) is 39.8 Å². The molecule has 1 aromatic carbocycles. The predicted molar refractivity (Wildman–Crippen MR) is 72.5 cm³/mol. The third-order valence-corrected chi connectivity index (χ3v) is 2.93. The molecule has 0 saturated heterocycles. The summed E-state index contributed by atoms with van der Waals surface area (Å²) < 4.78 is 0. The minimum absolute atomic E-state index is 0.0846. The lowest BCUT2D eigenvalue weighted by Gasteiger charge is -2.28. The van der Waals surface area contributed by atoms with Crippen LogP contribution >= 0.6 is 0 Å². The summed E-state index contributed by atoms with van der Waals surface area (Å²) in [5.74, 6) is 0. The second-order valence-corrected chi connectivity index (χ2v) is 4.03. The quantitative estimate of drug-likeness (QED) is 0.784. The van der Waals surface area contributed by atoms with Gasteiger partial charge in [0.15, 0.2) is 0 Å². The maximum absolute atomic E-state index is 12.3. The van der Waals surface area contributed by atoms with E-state index < -0.39 is 0 Å². The maximum Gasteiger partial charge on any atom is 0.324 e. The van der Waals surface area contributed by atoms with E-state index in [1.54, 1.807) is 0 Å². The fourth-order valence-corrected chi connectivity index (χ4v) is 1.82. The van der Waals surface area contributed by atoms with Gasteiger partial charge in [-0.1, -0.05) is 17.7 Å². The predicted octanol–water partition coefficient (Wildman–Crippen LogP) is 3.28. The summed E-state index contributed by atoms with van der Waals surface area (Å²) in [5, 5.41) is 0. The van der Waals surface area contributed by atoms with Crippen molar-refractivity contribution in [1.29, 1.82) is 0 Å². The van der Waals surface area contributed by atoms with E-state index in [0.717, 1.165) is 18.8 Å². The summed E-state index contributed by atoms with van der Waals surface area (Å²) in [6.45, 7) is 10.2. The van der Waals surface area contributed by atoms with E-state index in [1.165, 1.54) is 5.56 Å². The maximum atomic E-state index is 12.3. The normalized spacial score (nSPS) is 10.1.